The second-order valence-electron chi connectivity index (χ2n) is 6.69. The van der Waals surface area contributed by atoms with Crippen LogP contribution in [0.1, 0.15) is 39.3 Å². The SMILES string of the molecule is COC(=O)c1ccc(C2=NOC(c3cc(C(F)(F)F)nn3C)(C(F)(F)F)C2)cc1C. The minimum absolute atomic E-state index is 0.137. The number of rotatable bonds is 3. The van der Waals surface area contributed by atoms with Crippen molar-refractivity contribution in [2.24, 2.45) is 12.2 Å². The minimum Gasteiger partial charge on any atom is -0.465 e. The maximum Gasteiger partial charge on any atom is 0.437 e. The molecule has 0 radical (unpaired) electrons. The monoisotopic (exact) mass is 435 g/mol. The van der Waals surface area contributed by atoms with Crippen LogP contribution in [0.5, 0.6) is 0 Å². The molecule has 0 fully saturated rings. The van der Waals surface area contributed by atoms with Crippen molar-refractivity contribution in [3.05, 3.63) is 52.3 Å². The van der Waals surface area contributed by atoms with Crippen LogP contribution in [0.3, 0.4) is 0 Å². The van der Waals surface area contributed by atoms with Crippen molar-refractivity contribution in [1.82, 2.24) is 9.78 Å². The molecule has 2 aromatic rings. The second-order valence-corrected chi connectivity index (χ2v) is 6.69. The second kappa shape index (κ2) is 7.03. The Labute approximate surface area is 166 Å². The first-order valence-electron chi connectivity index (χ1n) is 8.43. The van der Waals surface area contributed by atoms with Gasteiger partial charge in [-0.25, -0.2) is 4.79 Å². The van der Waals surface area contributed by atoms with Gasteiger partial charge in [-0.2, -0.15) is 31.4 Å². The highest BCUT2D eigenvalue weighted by Gasteiger charge is 2.64. The number of carbonyl (C=O) groups is 1. The van der Waals surface area contributed by atoms with Crippen molar-refractivity contribution in [3.63, 3.8) is 0 Å². The quantitative estimate of drug-likeness (QED) is 0.538. The molecule has 1 unspecified atom stereocenters. The Balaban J connectivity index is 2.01. The third kappa shape index (κ3) is 3.50. The topological polar surface area (TPSA) is 65.7 Å². The van der Waals surface area contributed by atoms with E-state index < -0.39 is 41.7 Å². The van der Waals surface area contributed by atoms with Crippen molar-refractivity contribution in [1.29, 1.82) is 0 Å². The molecule has 1 aromatic heterocycles. The van der Waals surface area contributed by atoms with Gasteiger partial charge in [-0.3, -0.25) is 4.68 Å². The van der Waals surface area contributed by atoms with E-state index in [1.54, 1.807) is 6.92 Å². The molecule has 0 saturated heterocycles. The Hall–Kier alpha value is -3.05. The molecule has 12 heteroatoms. The Morgan fingerprint density at radius 3 is 2.37 bits per heavy atom. The number of hydrogen-bond donors (Lipinski definition) is 0. The molecule has 0 spiro atoms. The lowest BCUT2D eigenvalue weighted by Gasteiger charge is -2.28. The van der Waals surface area contributed by atoms with Crippen molar-refractivity contribution in [2.75, 3.05) is 7.11 Å². The van der Waals surface area contributed by atoms with Gasteiger partial charge in [0.1, 0.15) is 0 Å². The van der Waals surface area contributed by atoms with Gasteiger partial charge in [0.25, 0.3) is 5.60 Å². The van der Waals surface area contributed by atoms with Gasteiger partial charge < -0.3 is 9.57 Å². The average molecular weight is 435 g/mol. The van der Waals surface area contributed by atoms with Gasteiger partial charge in [-0.05, 0) is 36.2 Å². The molecule has 0 saturated carbocycles. The van der Waals surface area contributed by atoms with Crippen LogP contribution < -0.4 is 0 Å². The number of benzene rings is 1. The summed E-state index contributed by atoms with van der Waals surface area (Å²) in [4.78, 5) is 16.4. The predicted molar refractivity (Wildman–Crippen MR) is 90.7 cm³/mol. The van der Waals surface area contributed by atoms with Crippen LogP contribution >= 0.6 is 0 Å². The molecule has 0 aliphatic carbocycles. The molecule has 30 heavy (non-hydrogen) atoms. The molecule has 1 aliphatic heterocycles. The fourth-order valence-corrected chi connectivity index (χ4v) is 3.19. The molecule has 0 N–H and O–H groups in total. The molecule has 162 valence electrons. The lowest BCUT2D eigenvalue weighted by Crippen LogP contribution is -2.44. The highest BCUT2D eigenvalue weighted by Crippen LogP contribution is 2.49. The summed E-state index contributed by atoms with van der Waals surface area (Å²) in [6.07, 6.45) is -10.9. The van der Waals surface area contributed by atoms with Gasteiger partial charge >= 0.3 is 18.3 Å². The van der Waals surface area contributed by atoms with Crippen molar-refractivity contribution < 1.29 is 40.7 Å². The Bertz CT molecular complexity index is 1030. The molecule has 6 nitrogen and oxygen atoms in total. The zero-order valence-electron chi connectivity index (χ0n) is 15.9. The molecular weight excluding hydrogens is 420 g/mol. The van der Waals surface area contributed by atoms with E-state index in [9.17, 15) is 31.1 Å². The van der Waals surface area contributed by atoms with Gasteiger partial charge in [0.05, 0.1) is 30.5 Å². The first-order chi connectivity index (χ1) is 13.8. The lowest BCUT2D eigenvalue weighted by atomic mass is 9.89. The van der Waals surface area contributed by atoms with Crippen LogP contribution in [-0.2, 0) is 28.4 Å². The smallest absolute Gasteiger partial charge is 0.437 e. The largest absolute Gasteiger partial charge is 0.465 e. The van der Waals surface area contributed by atoms with Crippen molar-refractivity contribution in [2.45, 2.75) is 31.3 Å². The first-order valence-corrected chi connectivity index (χ1v) is 8.43. The van der Waals surface area contributed by atoms with E-state index in [0.29, 0.717) is 16.3 Å². The van der Waals surface area contributed by atoms with E-state index in [1.165, 1.54) is 25.3 Å². The Morgan fingerprint density at radius 1 is 1.20 bits per heavy atom. The third-order valence-corrected chi connectivity index (χ3v) is 4.73. The van der Waals surface area contributed by atoms with E-state index in [1.807, 2.05) is 0 Å². The van der Waals surface area contributed by atoms with E-state index >= 15 is 0 Å². The van der Waals surface area contributed by atoms with Gasteiger partial charge in [0, 0.05) is 7.05 Å². The number of ether oxygens (including phenoxy) is 1. The summed E-state index contributed by atoms with van der Waals surface area (Å²) in [6.45, 7) is 1.56. The Morgan fingerprint density at radius 2 is 1.87 bits per heavy atom. The number of esters is 1. The van der Waals surface area contributed by atoms with Crippen LogP contribution in [-0.4, -0.2) is 34.7 Å². The number of alkyl halides is 6. The summed E-state index contributed by atoms with van der Waals surface area (Å²) in [6, 6.07) is 4.44. The average Bonchev–Trinajstić information content (AvgIpc) is 3.25. The van der Waals surface area contributed by atoms with Crippen molar-refractivity contribution in [3.8, 4) is 0 Å². The zero-order valence-corrected chi connectivity index (χ0v) is 15.9. The number of halogens is 6. The summed E-state index contributed by atoms with van der Waals surface area (Å²) < 4.78 is 85.9. The number of carbonyl (C=O) groups excluding carboxylic acids is 1. The van der Waals surface area contributed by atoms with Crippen LogP contribution in [0.25, 0.3) is 0 Å². The van der Waals surface area contributed by atoms with Crippen LogP contribution in [0, 0.1) is 6.92 Å². The minimum atomic E-state index is -5.09. The number of hydrogen-bond acceptors (Lipinski definition) is 5. The number of methoxy groups -OCH3 is 1. The lowest BCUT2D eigenvalue weighted by molar-refractivity contribution is -0.278. The molecule has 1 aliphatic rings. The standard InChI is InChI=1S/C18H15F6N3O3/c1-9-6-10(4-5-11(9)15(28)29-3)12-8-16(30-26-12,18(22,23)24)14-7-13(17(19,20)21)25-27(14)2/h4-7H,8H2,1-3H3. The molecule has 1 atom stereocenters. The maximum absolute atomic E-state index is 14.0. The Kier molecular flexibility index (Phi) is 5.07. The van der Waals surface area contributed by atoms with Crippen LogP contribution in [0.4, 0.5) is 26.3 Å². The number of oxime groups is 1. The number of aryl methyl sites for hydroxylation is 2. The number of aromatic nitrogens is 2. The molecule has 3 rings (SSSR count). The molecule has 2 heterocycles. The summed E-state index contributed by atoms with van der Waals surface area (Å²) >= 11 is 0. The normalized spacial score (nSPS) is 19.4. The maximum atomic E-state index is 14.0. The van der Waals surface area contributed by atoms with E-state index in [2.05, 4.69) is 15.0 Å². The molecule has 0 amide bonds. The molecule has 0 bridgehead atoms. The summed E-state index contributed by atoms with van der Waals surface area (Å²) in [5.41, 5.74) is -4.72. The number of nitrogens with zero attached hydrogens (tertiary/aromatic N) is 3. The van der Waals surface area contributed by atoms with Gasteiger partial charge in [-0.1, -0.05) is 11.2 Å². The van der Waals surface area contributed by atoms with E-state index in [4.69, 9.17) is 4.84 Å². The first kappa shape index (κ1) is 21.7. The van der Waals surface area contributed by atoms with E-state index in [-0.39, 0.29) is 16.8 Å². The summed E-state index contributed by atoms with van der Waals surface area (Å²) in [7, 11) is 2.15. The van der Waals surface area contributed by atoms with E-state index in [0.717, 1.165) is 7.05 Å². The van der Waals surface area contributed by atoms with Crippen molar-refractivity contribution >= 4 is 11.7 Å². The highest BCUT2D eigenvalue weighted by molar-refractivity contribution is 6.03. The van der Waals surface area contributed by atoms with Crippen LogP contribution in [0.15, 0.2) is 29.4 Å². The molecular formula is C18H15F6N3O3. The predicted octanol–water partition coefficient (Wildman–Crippen LogP) is 4.12. The zero-order chi connectivity index (χ0) is 22.5. The van der Waals surface area contributed by atoms with Gasteiger partial charge in [-0.15, -0.1) is 0 Å². The fourth-order valence-electron chi connectivity index (χ4n) is 3.19. The summed E-state index contributed by atoms with van der Waals surface area (Å²) in [5.74, 6) is -0.622. The molecule has 1 aromatic carbocycles. The summed E-state index contributed by atoms with van der Waals surface area (Å²) in [5, 5.41) is 6.66. The van der Waals surface area contributed by atoms with Gasteiger partial charge in [0.2, 0.25) is 0 Å². The third-order valence-electron chi connectivity index (χ3n) is 4.73. The van der Waals surface area contributed by atoms with Gasteiger partial charge in [0.15, 0.2) is 5.69 Å². The highest BCUT2D eigenvalue weighted by atomic mass is 19.4. The fraction of sp³-hybridized carbons (Fsp3) is 0.389. The van der Waals surface area contributed by atoms with Crippen LogP contribution in [0.2, 0.25) is 0 Å².